The number of hydrogen-bond acceptors (Lipinski definition) is 3. The fourth-order valence-corrected chi connectivity index (χ4v) is 2.60. The summed E-state index contributed by atoms with van der Waals surface area (Å²) in [4.78, 5) is 24.0. The van der Waals surface area contributed by atoms with E-state index in [4.69, 9.17) is 4.74 Å². The van der Waals surface area contributed by atoms with E-state index in [-0.39, 0.29) is 25.0 Å². The third-order valence-corrected chi connectivity index (χ3v) is 3.95. The van der Waals surface area contributed by atoms with Crippen molar-refractivity contribution in [3.8, 4) is 0 Å². The average molecular weight is 339 g/mol. The first-order valence-corrected chi connectivity index (χ1v) is 8.64. The molecule has 0 aromatic heterocycles. The Hall–Kier alpha value is -2.62. The number of benzene rings is 2. The monoisotopic (exact) mass is 339 g/mol. The number of aryl methyl sites for hydroxylation is 1. The molecule has 1 N–H and O–H groups in total. The van der Waals surface area contributed by atoms with Gasteiger partial charge in [-0.1, -0.05) is 73.5 Å². The van der Waals surface area contributed by atoms with Gasteiger partial charge in [-0.15, -0.1) is 0 Å². The lowest BCUT2D eigenvalue weighted by atomic mass is 10.0. The summed E-state index contributed by atoms with van der Waals surface area (Å²) in [6, 6.07) is 17.4. The van der Waals surface area contributed by atoms with Gasteiger partial charge in [-0.05, 0) is 24.5 Å². The second-order valence-corrected chi connectivity index (χ2v) is 6.14. The Bertz CT molecular complexity index is 680. The molecule has 0 aliphatic carbocycles. The molecule has 0 spiro atoms. The van der Waals surface area contributed by atoms with Crippen molar-refractivity contribution in [1.29, 1.82) is 0 Å². The van der Waals surface area contributed by atoms with Crippen LogP contribution in [0.25, 0.3) is 0 Å². The largest absolute Gasteiger partial charge is 0.455 e. The van der Waals surface area contributed by atoms with E-state index in [1.807, 2.05) is 61.5 Å². The Morgan fingerprint density at radius 3 is 2.36 bits per heavy atom. The van der Waals surface area contributed by atoms with Crippen LogP contribution in [0.5, 0.6) is 0 Å². The number of amides is 1. The lowest BCUT2D eigenvalue weighted by Crippen LogP contribution is -2.32. The molecule has 1 amide bonds. The second kappa shape index (κ2) is 9.62. The van der Waals surface area contributed by atoms with Crippen LogP contribution in [0.1, 0.15) is 42.5 Å². The number of carbonyl (C=O) groups is 2. The zero-order valence-corrected chi connectivity index (χ0v) is 14.8. The predicted molar refractivity (Wildman–Crippen MR) is 98.1 cm³/mol. The lowest BCUT2D eigenvalue weighted by molar-refractivity contribution is -0.148. The van der Waals surface area contributed by atoms with Crippen LogP contribution in [0.2, 0.25) is 0 Å². The van der Waals surface area contributed by atoms with E-state index in [1.165, 1.54) is 0 Å². The highest BCUT2D eigenvalue weighted by atomic mass is 16.5. The van der Waals surface area contributed by atoms with Gasteiger partial charge in [-0.2, -0.15) is 0 Å². The molecular weight excluding hydrogens is 314 g/mol. The van der Waals surface area contributed by atoms with Gasteiger partial charge in [0, 0.05) is 0 Å². The smallest absolute Gasteiger partial charge is 0.310 e. The Labute approximate surface area is 149 Å². The molecule has 0 unspecified atom stereocenters. The quantitative estimate of drug-likeness (QED) is 0.746. The lowest BCUT2D eigenvalue weighted by Gasteiger charge is -2.18. The summed E-state index contributed by atoms with van der Waals surface area (Å²) in [5.41, 5.74) is 3.08. The van der Waals surface area contributed by atoms with Gasteiger partial charge < -0.3 is 10.1 Å². The highest BCUT2D eigenvalue weighted by Gasteiger charge is 2.15. The molecule has 4 heteroatoms. The van der Waals surface area contributed by atoms with E-state index in [0.717, 1.165) is 29.5 Å². The minimum atomic E-state index is -0.397. The van der Waals surface area contributed by atoms with Crippen LogP contribution in [-0.4, -0.2) is 18.5 Å². The van der Waals surface area contributed by atoms with Crippen LogP contribution in [0.4, 0.5) is 0 Å². The summed E-state index contributed by atoms with van der Waals surface area (Å²) in [6.07, 6.45) is 1.96. The van der Waals surface area contributed by atoms with E-state index in [1.54, 1.807) is 0 Å². The first kappa shape index (κ1) is 18.7. The van der Waals surface area contributed by atoms with Gasteiger partial charge in [0.05, 0.1) is 12.5 Å². The van der Waals surface area contributed by atoms with E-state index in [2.05, 4.69) is 12.2 Å². The molecule has 1 atom stereocenters. The van der Waals surface area contributed by atoms with Gasteiger partial charge >= 0.3 is 5.97 Å². The van der Waals surface area contributed by atoms with Crippen molar-refractivity contribution < 1.29 is 14.3 Å². The second-order valence-electron chi connectivity index (χ2n) is 6.14. The molecule has 0 radical (unpaired) electrons. The fraction of sp³-hybridized carbons (Fsp3) is 0.333. The van der Waals surface area contributed by atoms with E-state index in [9.17, 15) is 9.59 Å². The fourth-order valence-electron chi connectivity index (χ4n) is 2.60. The minimum Gasteiger partial charge on any atom is -0.455 e. The topological polar surface area (TPSA) is 55.4 Å². The van der Waals surface area contributed by atoms with Crippen LogP contribution in [0, 0.1) is 6.92 Å². The average Bonchev–Trinajstić information content (AvgIpc) is 2.62. The Balaban J connectivity index is 1.82. The van der Waals surface area contributed by atoms with E-state index >= 15 is 0 Å². The molecule has 25 heavy (non-hydrogen) atoms. The molecule has 0 aliphatic rings. The number of ether oxygens (including phenoxy) is 1. The van der Waals surface area contributed by atoms with Gasteiger partial charge in [0.1, 0.15) is 0 Å². The summed E-state index contributed by atoms with van der Waals surface area (Å²) in [5, 5.41) is 2.94. The Morgan fingerprint density at radius 1 is 1.04 bits per heavy atom. The molecule has 0 heterocycles. The van der Waals surface area contributed by atoms with Crippen molar-refractivity contribution in [3.05, 3.63) is 71.3 Å². The molecule has 0 saturated carbocycles. The van der Waals surface area contributed by atoms with Crippen LogP contribution in [0.15, 0.2) is 54.6 Å². The first-order chi connectivity index (χ1) is 12.1. The van der Waals surface area contributed by atoms with Gasteiger partial charge in [-0.3, -0.25) is 9.59 Å². The van der Waals surface area contributed by atoms with E-state index in [0.29, 0.717) is 0 Å². The minimum absolute atomic E-state index is 0.0606. The zero-order chi connectivity index (χ0) is 18.1. The first-order valence-electron chi connectivity index (χ1n) is 8.64. The normalized spacial score (nSPS) is 11.6. The molecule has 0 fully saturated rings. The van der Waals surface area contributed by atoms with Crippen molar-refractivity contribution in [1.82, 2.24) is 5.32 Å². The molecular formula is C21H25NO3. The maximum Gasteiger partial charge on any atom is 0.310 e. The zero-order valence-electron chi connectivity index (χ0n) is 14.8. The number of rotatable bonds is 8. The number of esters is 1. The number of carbonyl (C=O) groups excluding carboxylic acids is 2. The molecule has 0 saturated heterocycles. The standard InChI is InChI=1S/C21H25NO3/c1-3-7-19(18-8-5-4-6-9-18)22-20(23)15-25-21(24)14-17-12-10-16(2)11-13-17/h4-6,8-13,19H,3,7,14-15H2,1-2H3,(H,22,23)/t19-/m1/s1. The Morgan fingerprint density at radius 2 is 1.72 bits per heavy atom. The molecule has 2 rings (SSSR count). The molecule has 2 aromatic carbocycles. The molecule has 2 aromatic rings. The van der Waals surface area contributed by atoms with Gasteiger partial charge in [0.15, 0.2) is 6.61 Å². The summed E-state index contributed by atoms with van der Waals surface area (Å²) in [5.74, 6) is -0.676. The van der Waals surface area contributed by atoms with Crippen LogP contribution < -0.4 is 5.32 Å². The van der Waals surface area contributed by atoms with E-state index < -0.39 is 5.97 Å². The molecule has 0 aliphatic heterocycles. The predicted octanol–water partition coefficient (Wildman–Crippen LogP) is 3.74. The van der Waals surface area contributed by atoms with Crippen LogP contribution in [0.3, 0.4) is 0 Å². The van der Waals surface area contributed by atoms with Crippen LogP contribution in [-0.2, 0) is 20.7 Å². The van der Waals surface area contributed by atoms with Gasteiger partial charge in [-0.25, -0.2) is 0 Å². The van der Waals surface area contributed by atoms with Crippen molar-refractivity contribution in [3.63, 3.8) is 0 Å². The van der Waals surface area contributed by atoms with Crippen molar-refractivity contribution in [2.45, 2.75) is 39.2 Å². The number of hydrogen-bond donors (Lipinski definition) is 1. The molecule has 132 valence electrons. The summed E-state index contributed by atoms with van der Waals surface area (Å²) >= 11 is 0. The summed E-state index contributed by atoms with van der Waals surface area (Å²) < 4.78 is 5.10. The van der Waals surface area contributed by atoms with Crippen molar-refractivity contribution in [2.75, 3.05) is 6.61 Å². The summed E-state index contributed by atoms with van der Waals surface area (Å²) in [7, 11) is 0. The molecule has 4 nitrogen and oxygen atoms in total. The SMILES string of the molecule is CCC[C@@H](NC(=O)COC(=O)Cc1ccc(C)cc1)c1ccccc1. The molecule has 0 bridgehead atoms. The highest BCUT2D eigenvalue weighted by Crippen LogP contribution is 2.17. The van der Waals surface area contributed by atoms with Crippen LogP contribution >= 0.6 is 0 Å². The summed E-state index contributed by atoms with van der Waals surface area (Å²) in [6.45, 7) is 3.81. The Kier molecular flexibility index (Phi) is 7.20. The third-order valence-electron chi connectivity index (χ3n) is 3.95. The van der Waals surface area contributed by atoms with Crippen molar-refractivity contribution >= 4 is 11.9 Å². The number of nitrogens with one attached hydrogen (secondary N) is 1. The maximum absolute atomic E-state index is 12.1. The highest BCUT2D eigenvalue weighted by molar-refractivity contribution is 5.81. The van der Waals surface area contributed by atoms with Gasteiger partial charge in [0.25, 0.3) is 5.91 Å². The maximum atomic E-state index is 12.1. The van der Waals surface area contributed by atoms with Gasteiger partial charge in [0.2, 0.25) is 0 Å². The third kappa shape index (κ3) is 6.42. The van der Waals surface area contributed by atoms with Crippen molar-refractivity contribution in [2.24, 2.45) is 0 Å².